The number of thioether (sulfide) groups is 1. The number of hydrogen-bond acceptors (Lipinski definition) is 6. The second-order valence-corrected chi connectivity index (χ2v) is 11.1. The van der Waals surface area contributed by atoms with Crippen molar-refractivity contribution in [1.82, 2.24) is 9.97 Å². The van der Waals surface area contributed by atoms with Crippen LogP contribution in [0.15, 0.2) is 38.7 Å². The molecule has 0 amide bonds. The van der Waals surface area contributed by atoms with E-state index in [9.17, 15) is 9.59 Å². The number of H-pyrrole nitrogens is 1. The molecule has 1 aliphatic heterocycles. The van der Waals surface area contributed by atoms with Crippen LogP contribution in [-0.4, -0.2) is 21.5 Å². The van der Waals surface area contributed by atoms with Gasteiger partial charge < -0.3 is 10.3 Å². The van der Waals surface area contributed by atoms with Gasteiger partial charge in [0.05, 0.1) is 11.5 Å². The molecule has 2 aromatic rings. The first-order valence-electron chi connectivity index (χ1n) is 10.1. The molecule has 0 fully saturated rings. The van der Waals surface area contributed by atoms with E-state index < -0.39 is 0 Å². The highest BCUT2D eigenvalue weighted by atomic mass is 32.2. The van der Waals surface area contributed by atoms with Crippen molar-refractivity contribution in [2.24, 2.45) is 11.3 Å². The molecule has 2 aliphatic rings. The Morgan fingerprint density at radius 3 is 2.79 bits per heavy atom. The Bertz CT molecular complexity index is 1020. The number of anilines is 1. The summed E-state index contributed by atoms with van der Waals surface area (Å²) in [4.78, 5) is 35.0. The van der Waals surface area contributed by atoms with E-state index >= 15 is 0 Å². The largest absolute Gasteiger partial charge is 0.343 e. The van der Waals surface area contributed by atoms with E-state index in [0.717, 1.165) is 34.7 Å². The third-order valence-corrected chi connectivity index (χ3v) is 7.31. The van der Waals surface area contributed by atoms with Gasteiger partial charge in [0.2, 0.25) is 0 Å². The fraction of sp³-hybridized carbons (Fsp3) is 0.500. The van der Waals surface area contributed by atoms with E-state index in [4.69, 9.17) is 4.98 Å². The van der Waals surface area contributed by atoms with Gasteiger partial charge >= 0.3 is 0 Å². The summed E-state index contributed by atoms with van der Waals surface area (Å²) in [5, 5.41) is 6.00. The lowest BCUT2D eigenvalue weighted by Crippen LogP contribution is -2.36. The van der Waals surface area contributed by atoms with Crippen LogP contribution in [-0.2, 0) is 4.79 Å². The molecule has 3 heterocycles. The molecule has 7 heteroatoms. The normalized spacial score (nSPS) is 20.4. The predicted octanol–water partition coefficient (Wildman–Crippen LogP) is 5.17. The summed E-state index contributed by atoms with van der Waals surface area (Å²) >= 11 is 3.16. The summed E-state index contributed by atoms with van der Waals surface area (Å²) in [6.45, 7) is 8.61. The molecule has 29 heavy (non-hydrogen) atoms. The van der Waals surface area contributed by atoms with Crippen LogP contribution >= 0.6 is 23.1 Å². The zero-order valence-electron chi connectivity index (χ0n) is 17.3. The molecule has 0 saturated carbocycles. The van der Waals surface area contributed by atoms with E-state index in [0.29, 0.717) is 28.9 Å². The zero-order chi connectivity index (χ0) is 20.8. The van der Waals surface area contributed by atoms with Crippen LogP contribution in [0.1, 0.15) is 63.3 Å². The van der Waals surface area contributed by atoms with Crippen molar-refractivity contribution in [2.75, 3.05) is 11.1 Å². The maximum atomic E-state index is 13.1. The lowest BCUT2D eigenvalue weighted by Gasteiger charge is -2.38. The molecule has 0 saturated heterocycles. The highest BCUT2D eigenvalue weighted by Gasteiger charge is 2.42. The van der Waals surface area contributed by atoms with Crippen molar-refractivity contribution < 1.29 is 4.79 Å². The molecule has 2 N–H and O–H groups in total. The van der Waals surface area contributed by atoms with Crippen molar-refractivity contribution in [2.45, 2.75) is 58.0 Å². The number of aromatic nitrogens is 2. The first-order chi connectivity index (χ1) is 13.7. The number of allylic oxidation sites excluding steroid dienone is 2. The second kappa shape index (κ2) is 7.76. The Morgan fingerprint density at radius 1 is 1.31 bits per heavy atom. The lowest BCUT2D eigenvalue weighted by atomic mass is 9.70. The second-order valence-electron chi connectivity index (χ2n) is 9.07. The Balaban J connectivity index is 1.79. The lowest BCUT2D eigenvalue weighted by molar-refractivity contribution is -0.118. The monoisotopic (exact) mass is 429 g/mol. The van der Waals surface area contributed by atoms with Gasteiger partial charge in [0.1, 0.15) is 5.82 Å². The number of carbonyl (C=O) groups is 1. The van der Waals surface area contributed by atoms with Crippen LogP contribution in [0.2, 0.25) is 0 Å². The molecule has 0 radical (unpaired) electrons. The summed E-state index contributed by atoms with van der Waals surface area (Å²) in [6.07, 6.45) is 2.34. The topological polar surface area (TPSA) is 74.8 Å². The molecule has 1 aliphatic carbocycles. The number of nitrogens with zero attached hydrogens (tertiary/aromatic N) is 1. The molecule has 4 rings (SSSR count). The van der Waals surface area contributed by atoms with Crippen molar-refractivity contribution in [3.63, 3.8) is 0 Å². The van der Waals surface area contributed by atoms with Gasteiger partial charge in [-0.2, -0.15) is 0 Å². The van der Waals surface area contributed by atoms with Gasteiger partial charge in [-0.15, -0.1) is 11.3 Å². The standard InChI is InChI=1S/C22H27N3O2S2/c1-12(2)7-9-29-21-24-19-18(20(27)25-21)17(15-6-5-8-28-15)16-13(23-19)10-22(3,4)11-14(16)26/h5-6,8,12,17H,7,9-11H2,1-4H3,(H2,23,24,25,27). The Kier molecular flexibility index (Phi) is 5.46. The fourth-order valence-electron chi connectivity index (χ4n) is 4.09. The first kappa shape index (κ1) is 20.4. The smallest absolute Gasteiger partial charge is 0.257 e. The van der Waals surface area contributed by atoms with Crippen molar-refractivity contribution in [3.8, 4) is 0 Å². The van der Waals surface area contributed by atoms with Gasteiger partial charge in [0.15, 0.2) is 10.9 Å². The fourth-order valence-corrected chi connectivity index (χ4v) is 6.04. The summed E-state index contributed by atoms with van der Waals surface area (Å²) < 4.78 is 0. The van der Waals surface area contributed by atoms with E-state index in [2.05, 4.69) is 38.0 Å². The summed E-state index contributed by atoms with van der Waals surface area (Å²) in [7, 11) is 0. The van der Waals surface area contributed by atoms with Gasteiger partial charge in [-0.25, -0.2) is 4.98 Å². The van der Waals surface area contributed by atoms with Crippen molar-refractivity contribution in [1.29, 1.82) is 0 Å². The molecular formula is C22H27N3O2S2. The third kappa shape index (κ3) is 4.08. The number of rotatable bonds is 5. The first-order valence-corrected chi connectivity index (χ1v) is 12.0. The quantitative estimate of drug-likeness (QED) is 0.507. The minimum atomic E-state index is -0.337. The molecular weight excluding hydrogens is 402 g/mol. The predicted molar refractivity (Wildman–Crippen MR) is 120 cm³/mol. The highest BCUT2D eigenvalue weighted by Crippen LogP contribution is 2.48. The molecule has 0 bridgehead atoms. The average Bonchev–Trinajstić information content (AvgIpc) is 3.12. The SMILES string of the molecule is CC(C)CCSc1nc2c(c(=O)[nH]1)C(c1cccs1)C1=C(CC(C)(C)CC1=O)N2. The molecule has 2 aromatic heterocycles. The number of fused-ring (bicyclic) bond motifs is 1. The molecule has 0 spiro atoms. The number of ketones is 1. The molecule has 1 atom stereocenters. The van der Waals surface area contributed by atoms with Gasteiger partial charge in [-0.05, 0) is 35.6 Å². The third-order valence-electron chi connectivity index (χ3n) is 5.46. The van der Waals surface area contributed by atoms with Crippen LogP contribution in [0.25, 0.3) is 0 Å². The molecule has 0 aromatic carbocycles. The average molecular weight is 430 g/mol. The van der Waals surface area contributed by atoms with E-state index in [1.54, 1.807) is 23.1 Å². The van der Waals surface area contributed by atoms with Crippen molar-refractivity contribution in [3.05, 3.63) is 49.6 Å². The van der Waals surface area contributed by atoms with Gasteiger partial charge in [0, 0.05) is 28.3 Å². The van der Waals surface area contributed by atoms with E-state index in [1.807, 2.05) is 17.5 Å². The van der Waals surface area contributed by atoms with Crippen LogP contribution in [0.5, 0.6) is 0 Å². The van der Waals surface area contributed by atoms with Gasteiger partial charge in [-0.1, -0.05) is 45.5 Å². The highest BCUT2D eigenvalue weighted by molar-refractivity contribution is 7.99. The number of aromatic amines is 1. The number of carbonyl (C=O) groups excluding carboxylic acids is 1. The maximum absolute atomic E-state index is 13.1. The molecule has 154 valence electrons. The summed E-state index contributed by atoms with van der Waals surface area (Å²) in [5.41, 5.74) is 1.97. The maximum Gasteiger partial charge on any atom is 0.257 e. The summed E-state index contributed by atoms with van der Waals surface area (Å²) in [5.74, 6) is 1.91. The number of thiophene rings is 1. The van der Waals surface area contributed by atoms with Gasteiger partial charge in [-0.3, -0.25) is 9.59 Å². The Hall–Kier alpha value is -1.86. The molecule has 1 unspecified atom stereocenters. The van der Waals surface area contributed by atoms with Crippen LogP contribution < -0.4 is 10.9 Å². The Morgan fingerprint density at radius 2 is 2.10 bits per heavy atom. The van der Waals surface area contributed by atoms with Gasteiger partial charge in [0.25, 0.3) is 5.56 Å². The minimum Gasteiger partial charge on any atom is -0.343 e. The minimum absolute atomic E-state index is 0.101. The number of nitrogens with one attached hydrogen (secondary N) is 2. The van der Waals surface area contributed by atoms with E-state index in [-0.39, 0.29) is 22.7 Å². The van der Waals surface area contributed by atoms with Crippen LogP contribution in [0.4, 0.5) is 5.82 Å². The number of Topliss-reactive ketones (excluding diaryl/α,β-unsaturated/α-hetero) is 1. The summed E-state index contributed by atoms with van der Waals surface area (Å²) in [6, 6.07) is 3.98. The Labute approximate surface area is 179 Å². The van der Waals surface area contributed by atoms with E-state index in [1.165, 1.54) is 0 Å². The van der Waals surface area contributed by atoms with Crippen LogP contribution in [0.3, 0.4) is 0 Å². The zero-order valence-corrected chi connectivity index (χ0v) is 18.9. The van der Waals surface area contributed by atoms with Crippen LogP contribution in [0, 0.1) is 11.3 Å². The molecule has 5 nitrogen and oxygen atoms in total. The number of hydrogen-bond donors (Lipinski definition) is 2. The van der Waals surface area contributed by atoms with Crippen molar-refractivity contribution >= 4 is 34.7 Å².